The number of H-pyrrole nitrogens is 1. The summed E-state index contributed by atoms with van der Waals surface area (Å²) in [6.45, 7) is 2.67. The zero-order valence-corrected chi connectivity index (χ0v) is 20.7. The predicted molar refractivity (Wildman–Crippen MR) is 140 cm³/mol. The summed E-state index contributed by atoms with van der Waals surface area (Å²) in [6.07, 6.45) is 1.56. The molecule has 0 radical (unpaired) electrons. The highest BCUT2D eigenvalue weighted by Gasteiger charge is 2.24. The first-order valence-electron chi connectivity index (χ1n) is 12.3. The van der Waals surface area contributed by atoms with E-state index in [1.165, 1.54) is 31.2 Å². The van der Waals surface area contributed by atoms with Crippen molar-refractivity contribution in [2.75, 3.05) is 18.4 Å². The van der Waals surface area contributed by atoms with Crippen LogP contribution in [0.3, 0.4) is 0 Å². The molecule has 0 bridgehead atoms. The molecule has 0 unspecified atom stereocenters. The molecule has 1 fully saturated rings. The van der Waals surface area contributed by atoms with Crippen LogP contribution in [-0.4, -0.2) is 51.1 Å². The number of carbonyl (C=O) groups is 2. The number of aromatic nitrogens is 2. The second-order valence-corrected chi connectivity index (χ2v) is 9.49. The van der Waals surface area contributed by atoms with Crippen molar-refractivity contribution in [3.8, 4) is 17.0 Å². The summed E-state index contributed by atoms with van der Waals surface area (Å²) in [4.78, 5) is 26.6. The minimum atomic E-state index is -0.571. The van der Waals surface area contributed by atoms with Gasteiger partial charge in [-0.05, 0) is 67.9 Å². The standard InChI is InChI=1S/C28H27F2N5O3/c1-16(36)31-25-13-17(8-10-26(25)37)27-20-12-18(7-9-24(20)33-34-27)28(38)32-19-4-3-11-35(14-19)15-21-22(29)5-2-6-23(21)30/h2,5-10,12-13,19,37H,3-4,11,14-15H2,1H3,(H,31,36)(H,32,38)(H,33,34)/t19-/m1/s1. The van der Waals surface area contributed by atoms with E-state index in [2.05, 4.69) is 20.8 Å². The fraction of sp³-hybridized carbons (Fsp3) is 0.250. The number of benzene rings is 3. The minimum Gasteiger partial charge on any atom is -0.506 e. The molecule has 10 heteroatoms. The molecule has 1 atom stereocenters. The highest BCUT2D eigenvalue weighted by atomic mass is 19.1. The van der Waals surface area contributed by atoms with Crippen LogP contribution in [0.4, 0.5) is 14.5 Å². The van der Waals surface area contributed by atoms with Crippen molar-refractivity contribution < 1.29 is 23.5 Å². The number of likely N-dealkylation sites (tertiary alicyclic amines) is 1. The first kappa shape index (κ1) is 25.3. The van der Waals surface area contributed by atoms with Gasteiger partial charge in [0.05, 0.1) is 16.9 Å². The van der Waals surface area contributed by atoms with E-state index in [-0.39, 0.29) is 41.4 Å². The fourth-order valence-corrected chi connectivity index (χ4v) is 4.84. The molecule has 4 aromatic rings. The van der Waals surface area contributed by atoms with E-state index in [9.17, 15) is 23.5 Å². The molecule has 0 saturated carbocycles. The quantitative estimate of drug-likeness (QED) is 0.279. The number of carbonyl (C=O) groups excluding carboxylic acids is 2. The molecule has 38 heavy (non-hydrogen) atoms. The lowest BCUT2D eigenvalue weighted by molar-refractivity contribution is -0.114. The Kier molecular flexibility index (Phi) is 7.06. The number of amides is 2. The van der Waals surface area contributed by atoms with Gasteiger partial charge in [0.1, 0.15) is 17.4 Å². The summed E-state index contributed by atoms with van der Waals surface area (Å²) < 4.78 is 28.2. The van der Waals surface area contributed by atoms with Gasteiger partial charge in [0, 0.05) is 48.1 Å². The lowest BCUT2D eigenvalue weighted by Gasteiger charge is -2.33. The van der Waals surface area contributed by atoms with Crippen LogP contribution in [0.15, 0.2) is 54.6 Å². The Bertz CT molecular complexity index is 1500. The normalized spacial score (nSPS) is 15.9. The summed E-state index contributed by atoms with van der Waals surface area (Å²) in [7, 11) is 0. The van der Waals surface area contributed by atoms with Gasteiger partial charge in [-0.1, -0.05) is 6.07 Å². The topological polar surface area (TPSA) is 110 Å². The zero-order valence-electron chi connectivity index (χ0n) is 20.7. The molecule has 2 heterocycles. The second kappa shape index (κ2) is 10.6. The molecule has 4 N–H and O–H groups in total. The Morgan fingerprint density at radius 1 is 1.13 bits per heavy atom. The second-order valence-electron chi connectivity index (χ2n) is 9.49. The number of rotatable bonds is 6. The van der Waals surface area contributed by atoms with E-state index in [1.807, 2.05) is 4.90 Å². The minimum absolute atomic E-state index is 0.0355. The molecular formula is C28H27F2N5O3. The number of halogens is 2. The summed E-state index contributed by atoms with van der Waals surface area (Å²) in [6, 6.07) is 13.7. The number of anilines is 1. The van der Waals surface area contributed by atoms with E-state index in [4.69, 9.17) is 0 Å². The maximum absolute atomic E-state index is 14.1. The lowest BCUT2D eigenvalue weighted by atomic mass is 10.0. The average molecular weight is 520 g/mol. The lowest BCUT2D eigenvalue weighted by Crippen LogP contribution is -2.47. The fourth-order valence-electron chi connectivity index (χ4n) is 4.84. The van der Waals surface area contributed by atoms with E-state index < -0.39 is 11.6 Å². The number of piperidine rings is 1. The third-order valence-corrected chi connectivity index (χ3v) is 6.69. The van der Waals surface area contributed by atoms with Crippen LogP contribution in [0.1, 0.15) is 35.7 Å². The van der Waals surface area contributed by atoms with Crippen molar-refractivity contribution >= 4 is 28.4 Å². The number of phenols is 1. The molecule has 196 valence electrons. The Morgan fingerprint density at radius 2 is 1.92 bits per heavy atom. The van der Waals surface area contributed by atoms with Crippen LogP contribution in [-0.2, 0) is 11.3 Å². The van der Waals surface area contributed by atoms with Crippen molar-refractivity contribution in [2.24, 2.45) is 0 Å². The molecule has 0 spiro atoms. The van der Waals surface area contributed by atoms with Crippen molar-refractivity contribution in [1.29, 1.82) is 0 Å². The van der Waals surface area contributed by atoms with Gasteiger partial charge in [-0.2, -0.15) is 5.10 Å². The summed E-state index contributed by atoms with van der Waals surface area (Å²) in [5, 5.41) is 23.7. The molecular weight excluding hydrogens is 492 g/mol. The van der Waals surface area contributed by atoms with Crippen molar-refractivity contribution in [2.45, 2.75) is 32.4 Å². The number of nitrogens with one attached hydrogen (secondary N) is 3. The molecule has 1 aliphatic rings. The summed E-state index contributed by atoms with van der Waals surface area (Å²) in [5.74, 6) is -1.78. The van der Waals surface area contributed by atoms with Crippen molar-refractivity contribution in [3.05, 3.63) is 77.4 Å². The van der Waals surface area contributed by atoms with Crippen LogP contribution in [0.2, 0.25) is 0 Å². The van der Waals surface area contributed by atoms with Crippen LogP contribution in [0, 0.1) is 11.6 Å². The largest absolute Gasteiger partial charge is 0.506 e. The van der Waals surface area contributed by atoms with Gasteiger partial charge >= 0.3 is 0 Å². The third kappa shape index (κ3) is 5.35. The van der Waals surface area contributed by atoms with Gasteiger partial charge in [0.2, 0.25) is 5.91 Å². The number of hydrogen-bond donors (Lipinski definition) is 4. The molecule has 1 aromatic heterocycles. The molecule has 2 amide bonds. The van der Waals surface area contributed by atoms with Gasteiger partial charge in [-0.25, -0.2) is 8.78 Å². The van der Waals surface area contributed by atoms with Crippen LogP contribution in [0.5, 0.6) is 5.75 Å². The summed E-state index contributed by atoms with van der Waals surface area (Å²) >= 11 is 0. The van der Waals surface area contributed by atoms with Crippen LogP contribution >= 0.6 is 0 Å². The highest BCUT2D eigenvalue weighted by molar-refractivity contribution is 6.02. The van der Waals surface area contributed by atoms with Crippen LogP contribution in [0.25, 0.3) is 22.2 Å². The maximum Gasteiger partial charge on any atom is 0.251 e. The number of aromatic hydroxyl groups is 1. The first-order chi connectivity index (χ1) is 18.3. The maximum atomic E-state index is 14.1. The monoisotopic (exact) mass is 519 g/mol. The molecule has 5 rings (SSSR count). The smallest absolute Gasteiger partial charge is 0.251 e. The number of nitrogens with zero attached hydrogens (tertiary/aromatic N) is 2. The first-order valence-corrected chi connectivity index (χ1v) is 12.3. The van der Waals surface area contributed by atoms with Crippen molar-refractivity contribution in [3.63, 3.8) is 0 Å². The highest BCUT2D eigenvalue weighted by Crippen LogP contribution is 2.33. The molecule has 3 aromatic carbocycles. The Morgan fingerprint density at radius 3 is 2.68 bits per heavy atom. The van der Waals surface area contributed by atoms with Crippen molar-refractivity contribution in [1.82, 2.24) is 20.4 Å². The van der Waals surface area contributed by atoms with Gasteiger partial charge in [-0.15, -0.1) is 0 Å². The predicted octanol–water partition coefficient (Wildman–Crippen LogP) is 4.57. The van der Waals surface area contributed by atoms with Gasteiger partial charge < -0.3 is 15.7 Å². The number of aromatic amines is 1. The number of phenolic OH excluding ortho intramolecular Hbond substituents is 1. The van der Waals surface area contributed by atoms with E-state index in [1.54, 1.807) is 30.3 Å². The Balaban J connectivity index is 1.32. The van der Waals surface area contributed by atoms with E-state index >= 15 is 0 Å². The Labute approximate surface area is 217 Å². The Hall–Kier alpha value is -4.31. The van der Waals surface area contributed by atoms with Gasteiger partial charge in [0.25, 0.3) is 5.91 Å². The third-order valence-electron chi connectivity index (χ3n) is 6.69. The molecule has 1 saturated heterocycles. The van der Waals surface area contributed by atoms with Gasteiger partial charge in [0.15, 0.2) is 0 Å². The van der Waals surface area contributed by atoms with Crippen LogP contribution < -0.4 is 10.6 Å². The van der Waals surface area contributed by atoms with Gasteiger partial charge in [-0.3, -0.25) is 19.6 Å². The SMILES string of the molecule is CC(=O)Nc1cc(-c2n[nH]c3ccc(C(=O)N[C@@H]4CCCN(Cc5c(F)cccc5F)C4)cc23)ccc1O. The van der Waals surface area contributed by atoms with E-state index in [0.29, 0.717) is 35.3 Å². The molecule has 0 aliphatic carbocycles. The van der Waals surface area contributed by atoms with E-state index in [0.717, 1.165) is 18.4 Å². The molecule has 1 aliphatic heterocycles. The average Bonchev–Trinajstić information content (AvgIpc) is 3.31. The molecule has 8 nitrogen and oxygen atoms in total. The summed E-state index contributed by atoms with van der Waals surface area (Å²) in [5.41, 5.74) is 2.68. The number of fused-ring (bicyclic) bond motifs is 1. The number of hydrogen-bond acceptors (Lipinski definition) is 5. The zero-order chi connectivity index (χ0) is 26.8.